The van der Waals surface area contributed by atoms with Crippen molar-refractivity contribution >= 4 is 11.6 Å². The SMILES string of the molecule is O=C(C1CCCO1)N1CCOc2ccccc21. The largest absolute Gasteiger partial charge is 0.490 e. The molecule has 1 saturated heterocycles. The van der Waals surface area contributed by atoms with E-state index >= 15 is 0 Å². The molecule has 0 aliphatic carbocycles. The summed E-state index contributed by atoms with van der Waals surface area (Å²) in [5, 5.41) is 0. The summed E-state index contributed by atoms with van der Waals surface area (Å²) in [5.74, 6) is 0.850. The molecule has 1 unspecified atom stereocenters. The Balaban J connectivity index is 1.86. The van der Waals surface area contributed by atoms with E-state index in [9.17, 15) is 4.79 Å². The summed E-state index contributed by atoms with van der Waals surface area (Å²) in [4.78, 5) is 14.1. The molecule has 2 aliphatic heterocycles. The van der Waals surface area contributed by atoms with E-state index in [1.54, 1.807) is 4.90 Å². The summed E-state index contributed by atoms with van der Waals surface area (Å²) in [5.41, 5.74) is 0.860. The molecule has 1 amide bonds. The normalized spacial score (nSPS) is 23.1. The van der Waals surface area contributed by atoms with Gasteiger partial charge in [0.05, 0.1) is 12.2 Å². The van der Waals surface area contributed by atoms with E-state index in [2.05, 4.69) is 0 Å². The van der Waals surface area contributed by atoms with Gasteiger partial charge in [0.25, 0.3) is 5.91 Å². The van der Waals surface area contributed by atoms with Crippen molar-refractivity contribution in [3.63, 3.8) is 0 Å². The van der Waals surface area contributed by atoms with Crippen LogP contribution in [0.4, 0.5) is 5.69 Å². The zero-order chi connectivity index (χ0) is 11.7. The second kappa shape index (κ2) is 4.37. The van der Waals surface area contributed by atoms with E-state index in [0.717, 1.165) is 24.3 Å². The van der Waals surface area contributed by atoms with Crippen LogP contribution in [0.1, 0.15) is 12.8 Å². The predicted octanol–water partition coefficient (Wildman–Crippen LogP) is 1.59. The lowest BCUT2D eigenvalue weighted by molar-refractivity contribution is -0.127. The zero-order valence-corrected chi connectivity index (χ0v) is 9.59. The number of hydrogen-bond acceptors (Lipinski definition) is 3. The van der Waals surface area contributed by atoms with Crippen molar-refractivity contribution in [2.24, 2.45) is 0 Å². The van der Waals surface area contributed by atoms with Gasteiger partial charge in [-0.15, -0.1) is 0 Å². The Morgan fingerprint density at radius 2 is 2.18 bits per heavy atom. The Morgan fingerprint density at radius 3 is 3.00 bits per heavy atom. The highest BCUT2D eigenvalue weighted by Crippen LogP contribution is 2.32. The van der Waals surface area contributed by atoms with Gasteiger partial charge < -0.3 is 14.4 Å². The van der Waals surface area contributed by atoms with Crippen molar-refractivity contribution in [3.8, 4) is 5.75 Å². The molecule has 4 nitrogen and oxygen atoms in total. The van der Waals surface area contributed by atoms with Gasteiger partial charge in [0.15, 0.2) is 0 Å². The van der Waals surface area contributed by atoms with E-state index in [1.165, 1.54) is 0 Å². The summed E-state index contributed by atoms with van der Waals surface area (Å²) in [6, 6.07) is 7.65. The van der Waals surface area contributed by atoms with Crippen LogP contribution in [0.3, 0.4) is 0 Å². The van der Waals surface area contributed by atoms with Gasteiger partial charge in [0, 0.05) is 6.61 Å². The maximum absolute atomic E-state index is 12.3. The van der Waals surface area contributed by atoms with Crippen molar-refractivity contribution in [1.82, 2.24) is 0 Å². The molecular formula is C13H15NO3. The van der Waals surface area contributed by atoms with Crippen LogP contribution in [0.5, 0.6) is 5.75 Å². The molecule has 1 atom stereocenters. The van der Waals surface area contributed by atoms with Crippen LogP contribution in [0.25, 0.3) is 0 Å². The molecule has 1 fully saturated rings. The first-order valence-electron chi connectivity index (χ1n) is 6.01. The average molecular weight is 233 g/mol. The molecule has 4 heteroatoms. The molecule has 2 aliphatic rings. The topological polar surface area (TPSA) is 38.8 Å². The van der Waals surface area contributed by atoms with Crippen LogP contribution in [0.15, 0.2) is 24.3 Å². The standard InChI is InChI=1S/C13H15NO3/c15-13(12-6-3-8-16-12)14-7-9-17-11-5-2-1-4-10(11)14/h1-2,4-5,12H,3,6-9H2. The summed E-state index contributed by atoms with van der Waals surface area (Å²) in [7, 11) is 0. The number of para-hydroxylation sites is 2. The lowest BCUT2D eigenvalue weighted by atomic mass is 10.1. The molecule has 1 aromatic carbocycles. The number of hydrogen-bond donors (Lipinski definition) is 0. The third-order valence-corrected chi connectivity index (χ3v) is 3.20. The minimum absolute atomic E-state index is 0.0678. The summed E-state index contributed by atoms with van der Waals surface area (Å²) < 4.78 is 11.0. The second-order valence-electron chi connectivity index (χ2n) is 4.31. The molecule has 0 bridgehead atoms. The number of nitrogens with zero attached hydrogens (tertiary/aromatic N) is 1. The van der Waals surface area contributed by atoms with E-state index in [-0.39, 0.29) is 12.0 Å². The van der Waals surface area contributed by atoms with Crippen LogP contribution in [-0.4, -0.2) is 31.8 Å². The Morgan fingerprint density at radius 1 is 1.29 bits per heavy atom. The third kappa shape index (κ3) is 1.89. The Labute approximate surface area is 100 Å². The zero-order valence-electron chi connectivity index (χ0n) is 9.59. The molecule has 0 saturated carbocycles. The third-order valence-electron chi connectivity index (χ3n) is 3.20. The number of benzene rings is 1. The van der Waals surface area contributed by atoms with Gasteiger partial charge in [0.2, 0.25) is 0 Å². The highest BCUT2D eigenvalue weighted by atomic mass is 16.5. The molecule has 1 aromatic rings. The maximum atomic E-state index is 12.3. The number of rotatable bonds is 1. The van der Waals surface area contributed by atoms with Crippen LogP contribution in [-0.2, 0) is 9.53 Å². The van der Waals surface area contributed by atoms with Crippen molar-refractivity contribution < 1.29 is 14.3 Å². The van der Waals surface area contributed by atoms with Crippen LogP contribution >= 0.6 is 0 Å². The van der Waals surface area contributed by atoms with E-state index < -0.39 is 0 Å². The molecule has 0 spiro atoms. The fraction of sp³-hybridized carbons (Fsp3) is 0.462. The molecule has 0 N–H and O–H groups in total. The van der Waals surface area contributed by atoms with Gasteiger partial charge in [-0.2, -0.15) is 0 Å². The van der Waals surface area contributed by atoms with Gasteiger partial charge >= 0.3 is 0 Å². The van der Waals surface area contributed by atoms with Gasteiger partial charge in [0.1, 0.15) is 18.5 Å². The minimum Gasteiger partial charge on any atom is -0.490 e. The first kappa shape index (κ1) is 10.6. The smallest absolute Gasteiger partial charge is 0.256 e. The molecule has 2 heterocycles. The quantitative estimate of drug-likeness (QED) is 0.739. The number of amides is 1. The number of carbonyl (C=O) groups excluding carboxylic acids is 1. The van der Waals surface area contributed by atoms with E-state index in [4.69, 9.17) is 9.47 Å². The Kier molecular flexibility index (Phi) is 2.73. The number of ether oxygens (including phenoxy) is 2. The molecular weight excluding hydrogens is 218 g/mol. The van der Waals surface area contributed by atoms with Crippen molar-refractivity contribution in [2.45, 2.75) is 18.9 Å². The lowest BCUT2D eigenvalue weighted by Crippen LogP contribution is -2.43. The molecule has 3 rings (SSSR count). The van der Waals surface area contributed by atoms with E-state index in [0.29, 0.717) is 19.8 Å². The molecule has 0 radical (unpaired) electrons. The Bertz CT molecular complexity index is 426. The molecule has 0 aromatic heterocycles. The maximum Gasteiger partial charge on any atom is 0.256 e. The van der Waals surface area contributed by atoms with Gasteiger partial charge in [-0.3, -0.25) is 4.79 Å². The minimum atomic E-state index is -0.263. The lowest BCUT2D eigenvalue weighted by Gasteiger charge is -2.30. The highest BCUT2D eigenvalue weighted by molar-refractivity contribution is 5.98. The van der Waals surface area contributed by atoms with Gasteiger partial charge in [-0.25, -0.2) is 0 Å². The van der Waals surface area contributed by atoms with Crippen LogP contribution < -0.4 is 9.64 Å². The molecule has 90 valence electrons. The summed E-state index contributed by atoms with van der Waals surface area (Å²) >= 11 is 0. The first-order chi connectivity index (χ1) is 8.36. The second-order valence-corrected chi connectivity index (χ2v) is 4.31. The fourth-order valence-corrected chi connectivity index (χ4v) is 2.34. The summed E-state index contributed by atoms with van der Waals surface area (Å²) in [6.07, 6.45) is 1.54. The van der Waals surface area contributed by atoms with Crippen molar-refractivity contribution in [1.29, 1.82) is 0 Å². The number of carbonyl (C=O) groups is 1. The summed E-state index contributed by atoms with van der Waals surface area (Å²) in [6.45, 7) is 1.85. The van der Waals surface area contributed by atoms with Crippen molar-refractivity contribution in [3.05, 3.63) is 24.3 Å². The van der Waals surface area contributed by atoms with Crippen LogP contribution in [0, 0.1) is 0 Å². The first-order valence-corrected chi connectivity index (χ1v) is 6.01. The van der Waals surface area contributed by atoms with Gasteiger partial charge in [-0.1, -0.05) is 12.1 Å². The monoisotopic (exact) mass is 233 g/mol. The van der Waals surface area contributed by atoms with Crippen molar-refractivity contribution in [2.75, 3.05) is 24.7 Å². The van der Waals surface area contributed by atoms with Crippen LogP contribution in [0.2, 0.25) is 0 Å². The average Bonchev–Trinajstić information content (AvgIpc) is 2.91. The molecule has 17 heavy (non-hydrogen) atoms. The fourth-order valence-electron chi connectivity index (χ4n) is 2.34. The predicted molar refractivity (Wildman–Crippen MR) is 63.3 cm³/mol. The van der Waals surface area contributed by atoms with E-state index in [1.807, 2.05) is 24.3 Å². The Hall–Kier alpha value is -1.55. The van der Waals surface area contributed by atoms with Gasteiger partial charge in [-0.05, 0) is 25.0 Å². The highest BCUT2D eigenvalue weighted by Gasteiger charge is 2.31. The number of anilines is 1. The number of fused-ring (bicyclic) bond motifs is 1.